The summed E-state index contributed by atoms with van der Waals surface area (Å²) < 4.78 is 0. The van der Waals surface area contributed by atoms with Crippen molar-refractivity contribution in [1.82, 2.24) is 4.98 Å². The molecule has 0 amide bonds. The summed E-state index contributed by atoms with van der Waals surface area (Å²) >= 11 is 3.49. The van der Waals surface area contributed by atoms with Crippen LogP contribution in [0, 0.1) is 0 Å². The maximum absolute atomic E-state index is 10.2. The number of alkyl halides is 1. The van der Waals surface area contributed by atoms with Crippen molar-refractivity contribution in [1.29, 1.82) is 0 Å². The van der Waals surface area contributed by atoms with Crippen molar-refractivity contribution >= 4 is 37.7 Å². The molecule has 1 aromatic heterocycles. The third kappa shape index (κ3) is 1.93. The highest BCUT2D eigenvalue weighted by atomic mass is 79.9. The van der Waals surface area contributed by atoms with Crippen LogP contribution in [0.3, 0.4) is 0 Å². The van der Waals surface area contributed by atoms with Crippen molar-refractivity contribution in [3.8, 4) is 16.9 Å². The monoisotopic (exact) mass is 351 g/mol. The third-order valence-corrected chi connectivity index (χ3v) is 4.67. The van der Waals surface area contributed by atoms with Gasteiger partial charge in [-0.2, -0.15) is 0 Å². The van der Waals surface area contributed by atoms with Crippen molar-refractivity contribution in [3.63, 3.8) is 0 Å². The molecule has 0 spiro atoms. The van der Waals surface area contributed by atoms with Gasteiger partial charge in [0, 0.05) is 32.7 Å². The summed E-state index contributed by atoms with van der Waals surface area (Å²) in [7, 11) is 0. The Hall–Kier alpha value is -2.26. The van der Waals surface area contributed by atoms with Crippen LogP contribution < -0.4 is 0 Å². The molecule has 2 nitrogen and oxygen atoms in total. The molecule has 22 heavy (non-hydrogen) atoms. The number of fused-ring (bicyclic) bond motifs is 3. The molecule has 0 radical (unpaired) electrons. The summed E-state index contributed by atoms with van der Waals surface area (Å²) in [5.41, 5.74) is 5.36. The minimum absolute atomic E-state index is 0.325. The van der Waals surface area contributed by atoms with Crippen molar-refractivity contribution in [3.05, 3.63) is 66.2 Å². The SMILES string of the molecule is Oc1cccc(-c2cccc3[nH]c4ccccc4c23)c1CBr. The molecule has 0 aliphatic heterocycles. The van der Waals surface area contributed by atoms with E-state index in [4.69, 9.17) is 0 Å². The van der Waals surface area contributed by atoms with Gasteiger partial charge in [-0.05, 0) is 29.3 Å². The standard InChI is InChI=1S/C19H14BrNO/c20-11-15-12(6-4-10-18(15)22)13-7-3-9-17-19(13)14-5-1-2-8-16(14)21-17/h1-10,21-22H,11H2. The highest BCUT2D eigenvalue weighted by molar-refractivity contribution is 9.08. The summed E-state index contributed by atoms with van der Waals surface area (Å²) in [4.78, 5) is 3.47. The molecule has 0 aliphatic rings. The fourth-order valence-electron chi connectivity index (χ4n) is 3.09. The van der Waals surface area contributed by atoms with Gasteiger partial charge in [-0.15, -0.1) is 0 Å². The van der Waals surface area contributed by atoms with E-state index in [0.717, 1.165) is 27.7 Å². The second-order valence-electron chi connectivity index (χ2n) is 5.34. The Kier molecular flexibility index (Phi) is 3.16. The van der Waals surface area contributed by atoms with Gasteiger partial charge in [0.15, 0.2) is 0 Å². The maximum atomic E-state index is 10.2. The molecule has 1 heterocycles. The Morgan fingerprint density at radius 2 is 1.55 bits per heavy atom. The van der Waals surface area contributed by atoms with E-state index < -0.39 is 0 Å². The molecule has 0 aliphatic carbocycles. The number of H-pyrrole nitrogens is 1. The van der Waals surface area contributed by atoms with Crippen LogP contribution in [0.2, 0.25) is 0 Å². The second-order valence-corrected chi connectivity index (χ2v) is 5.90. The van der Waals surface area contributed by atoms with Crippen LogP contribution in [0.1, 0.15) is 5.56 Å². The lowest BCUT2D eigenvalue weighted by Crippen LogP contribution is -1.88. The smallest absolute Gasteiger partial charge is 0.120 e. The number of aromatic nitrogens is 1. The second kappa shape index (κ2) is 5.18. The molecule has 3 heteroatoms. The fraction of sp³-hybridized carbons (Fsp3) is 0.0526. The first-order valence-corrected chi connectivity index (χ1v) is 8.28. The molecule has 108 valence electrons. The summed E-state index contributed by atoms with van der Waals surface area (Å²) in [5, 5.41) is 13.2. The number of aromatic amines is 1. The van der Waals surface area contributed by atoms with Gasteiger partial charge in [0.2, 0.25) is 0 Å². The van der Waals surface area contributed by atoms with Crippen molar-refractivity contribution in [2.24, 2.45) is 0 Å². The topological polar surface area (TPSA) is 36.0 Å². The first-order valence-electron chi connectivity index (χ1n) is 7.16. The maximum Gasteiger partial charge on any atom is 0.120 e. The summed E-state index contributed by atoms with van der Waals surface area (Å²) in [6.45, 7) is 0. The van der Waals surface area contributed by atoms with Gasteiger partial charge in [-0.3, -0.25) is 0 Å². The van der Waals surface area contributed by atoms with E-state index in [-0.39, 0.29) is 0 Å². The Balaban J connectivity index is 2.14. The van der Waals surface area contributed by atoms with E-state index in [1.165, 1.54) is 10.8 Å². The number of rotatable bonds is 2. The lowest BCUT2D eigenvalue weighted by Gasteiger charge is -2.11. The average molecular weight is 352 g/mol. The minimum atomic E-state index is 0.325. The van der Waals surface area contributed by atoms with E-state index in [1.807, 2.05) is 12.1 Å². The van der Waals surface area contributed by atoms with Gasteiger partial charge < -0.3 is 10.1 Å². The Morgan fingerprint density at radius 1 is 0.818 bits per heavy atom. The normalized spacial score (nSPS) is 11.3. The number of halogens is 1. The minimum Gasteiger partial charge on any atom is -0.508 e. The van der Waals surface area contributed by atoms with E-state index >= 15 is 0 Å². The first-order chi connectivity index (χ1) is 10.8. The number of para-hydroxylation sites is 1. The number of nitrogens with one attached hydrogen (secondary N) is 1. The number of hydrogen-bond donors (Lipinski definition) is 2. The molecule has 0 atom stereocenters. The lowest BCUT2D eigenvalue weighted by molar-refractivity contribution is 0.471. The fourth-order valence-corrected chi connectivity index (χ4v) is 3.68. The van der Waals surface area contributed by atoms with Gasteiger partial charge >= 0.3 is 0 Å². The molecular formula is C19H14BrNO. The van der Waals surface area contributed by atoms with Gasteiger partial charge in [-0.1, -0.05) is 58.4 Å². The van der Waals surface area contributed by atoms with Crippen LogP contribution in [0.15, 0.2) is 60.7 Å². The van der Waals surface area contributed by atoms with Crippen LogP contribution in [-0.2, 0) is 5.33 Å². The van der Waals surface area contributed by atoms with E-state index in [0.29, 0.717) is 11.1 Å². The van der Waals surface area contributed by atoms with Gasteiger partial charge in [0.25, 0.3) is 0 Å². The van der Waals surface area contributed by atoms with Crippen LogP contribution in [-0.4, -0.2) is 10.1 Å². The van der Waals surface area contributed by atoms with Crippen LogP contribution in [0.25, 0.3) is 32.9 Å². The zero-order valence-electron chi connectivity index (χ0n) is 11.8. The molecule has 3 aromatic carbocycles. The Labute approximate surface area is 136 Å². The Bertz CT molecular complexity index is 987. The highest BCUT2D eigenvalue weighted by Crippen LogP contribution is 2.38. The summed E-state index contributed by atoms with van der Waals surface area (Å²) in [6.07, 6.45) is 0. The zero-order valence-corrected chi connectivity index (χ0v) is 13.4. The van der Waals surface area contributed by atoms with E-state index in [2.05, 4.69) is 63.4 Å². The number of benzene rings is 3. The molecule has 0 bridgehead atoms. The predicted molar refractivity (Wildman–Crippen MR) is 95.5 cm³/mol. The molecule has 0 saturated carbocycles. The largest absolute Gasteiger partial charge is 0.508 e. The van der Waals surface area contributed by atoms with Gasteiger partial charge in [-0.25, -0.2) is 0 Å². The van der Waals surface area contributed by atoms with Gasteiger partial charge in [0.1, 0.15) is 5.75 Å². The molecule has 4 rings (SSSR count). The van der Waals surface area contributed by atoms with Crippen molar-refractivity contribution < 1.29 is 5.11 Å². The van der Waals surface area contributed by atoms with Gasteiger partial charge in [0.05, 0.1) is 0 Å². The van der Waals surface area contributed by atoms with Crippen molar-refractivity contribution in [2.75, 3.05) is 0 Å². The van der Waals surface area contributed by atoms with Crippen LogP contribution in [0.5, 0.6) is 5.75 Å². The number of phenolic OH excluding ortho intramolecular Hbond substituents is 1. The predicted octanol–water partition coefficient (Wildman–Crippen LogP) is 5.59. The van der Waals surface area contributed by atoms with E-state index in [1.54, 1.807) is 6.07 Å². The number of phenols is 1. The third-order valence-electron chi connectivity index (χ3n) is 4.11. The first kappa shape index (κ1) is 13.4. The lowest BCUT2D eigenvalue weighted by atomic mass is 9.95. The molecule has 0 fully saturated rings. The molecular weight excluding hydrogens is 338 g/mol. The average Bonchev–Trinajstić information content (AvgIpc) is 2.93. The number of aromatic hydroxyl groups is 1. The summed E-state index contributed by atoms with van der Waals surface area (Å²) in [6, 6.07) is 20.3. The van der Waals surface area contributed by atoms with Crippen LogP contribution in [0.4, 0.5) is 0 Å². The summed E-state index contributed by atoms with van der Waals surface area (Å²) in [5.74, 6) is 0.325. The van der Waals surface area contributed by atoms with Crippen LogP contribution >= 0.6 is 15.9 Å². The molecule has 4 aromatic rings. The molecule has 0 unspecified atom stereocenters. The van der Waals surface area contributed by atoms with E-state index in [9.17, 15) is 5.11 Å². The zero-order chi connectivity index (χ0) is 15.1. The highest BCUT2D eigenvalue weighted by Gasteiger charge is 2.14. The molecule has 0 saturated heterocycles. The molecule has 2 N–H and O–H groups in total. The number of hydrogen-bond acceptors (Lipinski definition) is 1. The Morgan fingerprint density at radius 3 is 2.41 bits per heavy atom. The quantitative estimate of drug-likeness (QED) is 0.454. The van der Waals surface area contributed by atoms with Crippen molar-refractivity contribution in [2.45, 2.75) is 5.33 Å².